The lowest BCUT2D eigenvalue weighted by molar-refractivity contribution is -0.121. The molecular weight excluding hydrogens is 476 g/mol. The quantitative estimate of drug-likeness (QED) is 0.256. The zero-order valence-corrected chi connectivity index (χ0v) is 19.6. The number of fused-ring (bicyclic) bond motifs is 1. The second-order valence-electron chi connectivity index (χ2n) is 8.73. The molecule has 0 saturated heterocycles. The number of aromatic amines is 1. The van der Waals surface area contributed by atoms with Crippen LogP contribution in [0.1, 0.15) is 22.9 Å². The summed E-state index contributed by atoms with van der Waals surface area (Å²) in [4.78, 5) is 24.9. The van der Waals surface area contributed by atoms with Crippen LogP contribution in [-0.2, 0) is 17.6 Å². The lowest BCUT2D eigenvalue weighted by Crippen LogP contribution is -2.32. The van der Waals surface area contributed by atoms with Crippen molar-refractivity contribution >= 4 is 22.6 Å². The number of hydrogen-bond acceptors (Lipinski definition) is 5. The zero-order chi connectivity index (χ0) is 25.9. The number of anilines is 1. The third-order valence-electron chi connectivity index (χ3n) is 6.06. The Hall–Kier alpha value is -4.79. The van der Waals surface area contributed by atoms with Crippen molar-refractivity contribution in [3.8, 4) is 16.9 Å². The summed E-state index contributed by atoms with van der Waals surface area (Å²) in [6, 6.07) is 14.5. The second kappa shape index (κ2) is 10.1. The molecule has 7 nitrogen and oxygen atoms in total. The second-order valence-corrected chi connectivity index (χ2v) is 8.73. The predicted molar refractivity (Wildman–Crippen MR) is 136 cm³/mol. The monoisotopic (exact) mass is 499 g/mol. The third kappa shape index (κ3) is 5.40. The molecule has 186 valence electrons. The maximum Gasteiger partial charge on any atom is 0.225 e. The van der Waals surface area contributed by atoms with Gasteiger partial charge in [-0.2, -0.15) is 0 Å². The molecule has 9 heteroatoms. The molecular formula is C28H23F2N5O2. The molecule has 0 spiro atoms. The SMILES string of the molecule is Nc1cc(-c2cccnc2[C@H](Cc2cc(F)cc(F)c2)NC(=O)Cc2c[nH]c3ccc(O)cc23)ccn1. The van der Waals surface area contributed by atoms with Gasteiger partial charge in [-0.15, -0.1) is 0 Å². The van der Waals surface area contributed by atoms with Gasteiger partial charge in [0.15, 0.2) is 0 Å². The number of carbonyl (C=O) groups excluding carboxylic acids is 1. The standard InChI is InChI=1S/C28H23F2N5O2/c29-19-8-16(9-20(30)13-19)10-25(28-22(2-1-6-33-28)17-5-7-32-26(31)11-17)35-27(37)12-18-15-34-24-4-3-21(36)14-23(18)24/h1-9,11,13-15,25,34,36H,10,12H2,(H2,31,32)(H,35,37)/t25-/m0/s1. The van der Waals surface area contributed by atoms with Crippen molar-refractivity contribution in [1.29, 1.82) is 0 Å². The first-order valence-electron chi connectivity index (χ1n) is 11.6. The number of phenols is 1. The summed E-state index contributed by atoms with van der Waals surface area (Å²) in [5.41, 5.74) is 9.70. The van der Waals surface area contributed by atoms with E-state index in [9.17, 15) is 18.7 Å². The maximum absolute atomic E-state index is 14.0. The van der Waals surface area contributed by atoms with Crippen molar-refractivity contribution in [2.45, 2.75) is 18.9 Å². The Morgan fingerprint density at radius 1 is 1.03 bits per heavy atom. The minimum Gasteiger partial charge on any atom is -0.508 e. The van der Waals surface area contributed by atoms with Gasteiger partial charge in [-0.1, -0.05) is 6.07 Å². The zero-order valence-electron chi connectivity index (χ0n) is 19.6. The summed E-state index contributed by atoms with van der Waals surface area (Å²) in [7, 11) is 0. The highest BCUT2D eigenvalue weighted by Gasteiger charge is 2.22. The molecule has 0 aliphatic rings. The smallest absolute Gasteiger partial charge is 0.225 e. The number of hydrogen-bond donors (Lipinski definition) is 4. The Kier molecular flexibility index (Phi) is 6.51. The van der Waals surface area contributed by atoms with E-state index in [1.807, 2.05) is 6.07 Å². The summed E-state index contributed by atoms with van der Waals surface area (Å²) in [6.07, 6.45) is 4.99. The number of nitrogen functional groups attached to an aromatic ring is 1. The summed E-state index contributed by atoms with van der Waals surface area (Å²) in [5.74, 6) is -1.32. The van der Waals surface area contributed by atoms with Crippen molar-refractivity contribution in [3.63, 3.8) is 0 Å². The van der Waals surface area contributed by atoms with E-state index in [4.69, 9.17) is 5.73 Å². The Morgan fingerprint density at radius 2 is 1.84 bits per heavy atom. The highest BCUT2D eigenvalue weighted by atomic mass is 19.1. The Morgan fingerprint density at radius 3 is 2.62 bits per heavy atom. The van der Waals surface area contributed by atoms with E-state index >= 15 is 0 Å². The predicted octanol–water partition coefficient (Wildman–Crippen LogP) is 4.83. The van der Waals surface area contributed by atoms with Gasteiger partial charge in [0.05, 0.1) is 18.2 Å². The number of phenolic OH excluding ortho intramolecular Hbond substituents is 1. The van der Waals surface area contributed by atoms with Crippen molar-refractivity contribution in [2.75, 3.05) is 5.73 Å². The number of nitrogens with one attached hydrogen (secondary N) is 2. The molecule has 0 unspecified atom stereocenters. The molecule has 5 N–H and O–H groups in total. The lowest BCUT2D eigenvalue weighted by atomic mass is 9.95. The van der Waals surface area contributed by atoms with E-state index in [1.165, 1.54) is 12.1 Å². The minimum atomic E-state index is -0.710. The molecule has 0 bridgehead atoms. The van der Waals surface area contributed by atoms with Crippen LogP contribution in [0.25, 0.3) is 22.0 Å². The number of benzene rings is 2. The summed E-state index contributed by atoms with van der Waals surface area (Å²) >= 11 is 0. The molecule has 3 heterocycles. The van der Waals surface area contributed by atoms with Gasteiger partial charge >= 0.3 is 0 Å². The number of aromatic hydroxyl groups is 1. The Balaban J connectivity index is 1.50. The van der Waals surface area contributed by atoms with Gasteiger partial charge in [0.25, 0.3) is 0 Å². The van der Waals surface area contributed by atoms with Crippen LogP contribution in [0.15, 0.2) is 79.3 Å². The molecule has 1 atom stereocenters. The normalized spacial score (nSPS) is 11.9. The van der Waals surface area contributed by atoms with Crippen LogP contribution in [0.3, 0.4) is 0 Å². The number of aromatic nitrogens is 3. The minimum absolute atomic E-state index is 0.0157. The first-order chi connectivity index (χ1) is 17.9. The van der Waals surface area contributed by atoms with Gasteiger partial charge in [0, 0.05) is 41.1 Å². The van der Waals surface area contributed by atoms with E-state index in [-0.39, 0.29) is 24.5 Å². The van der Waals surface area contributed by atoms with Gasteiger partial charge in [0.1, 0.15) is 23.2 Å². The molecule has 5 aromatic rings. The van der Waals surface area contributed by atoms with Crippen molar-refractivity contribution < 1.29 is 18.7 Å². The van der Waals surface area contributed by atoms with E-state index in [2.05, 4.69) is 20.3 Å². The largest absolute Gasteiger partial charge is 0.508 e. The number of carbonyl (C=O) groups is 1. The molecule has 5 rings (SSSR count). The van der Waals surface area contributed by atoms with Crippen LogP contribution in [0, 0.1) is 11.6 Å². The highest BCUT2D eigenvalue weighted by Crippen LogP contribution is 2.30. The van der Waals surface area contributed by atoms with Crippen LogP contribution in [-0.4, -0.2) is 26.0 Å². The van der Waals surface area contributed by atoms with Gasteiger partial charge in [-0.25, -0.2) is 13.8 Å². The third-order valence-corrected chi connectivity index (χ3v) is 6.06. The molecule has 0 aliphatic heterocycles. The number of halogens is 2. The molecule has 37 heavy (non-hydrogen) atoms. The maximum atomic E-state index is 14.0. The van der Waals surface area contributed by atoms with Crippen LogP contribution in [0.4, 0.5) is 14.6 Å². The fourth-order valence-electron chi connectivity index (χ4n) is 4.47. The average Bonchev–Trinajstić information content (AvgIpc) is 3.24. The first kappa shape index (κ1) is 23.9. The number of nitrogens with two attached hydrogens (primary N) is 1. The molecule has 1 amide bonds. The van der Waals surface area contributed by atoms with Crippen molar-refractivity contribution in [2.24, 2.45) is 0 Å². The number of H-pyrrole nitrogens is 1. The molecule has 0 aliphatic carbocycles. The fraction of sp³-hybridized carbons (Fsp3) is 0.107. The summed E-state index contributed by atoms with van der Waals surface area (Å²) in [5, 5.41) is 13.6. The number of nitrogens with zero attached hydrogens (tertiary/aromatic N) is 2. The Labute approximate surface area is 211 Å². The number of rotatable bonds is 7. The summed E-state index contributed by atoms with van der Waals surface area (Å²) in [6.45, 7) is 0. The molecule has 0 saturated carbocycles. The van der Waals surface area contributed by atoms with Crippen LogP contribution in [0.5, 0.6) is 5.75 Å². The van der Waals surface area contributed by atoms with E-state index in [0.29, 0.717) is 28.2 Å². The van der Waals surface area contributed by atoms with Crippen LogP contribution < -0.4 is 11.1 Å². The Bertz CT molecular complexity index is 1580. The van der Waals surface area contributed by atoms with Crippen molar-refractivity contribution in [3.05, 3.63) is 108 Å². The van der Waals surface area contributed by atoms with Gasteiger partial charge < -0.3 is 21.1 Å². The number of pyridine rings is 2. The van der Waals surface area contributed by atoms with Crippen molar-refractivity contribution in [1.82, 2.24) is 20.3 Å². The first-order valence-corrected chi connectivity index (χ1v) is 11.6. The van der Waals surface area contributed by atoms with Gasteiger partial charge in [-0.3, -0.25) is 9.78 Å². The van der Waals surface area contributed by atoms with Gasteiger partial charge in [-0.05, 0) is 71.6 Å². The molecule has 3 aromatic heterocycles. The van der Waals surface area contributed by atoms with Crippen LogP contribution in [0.2, 0.25) is 0 Å². The van der Waals surface area contributed by atoms with E-state index < -0.39 is 17.7 Å². The van der Waals surface area contributed by atoms with E-state index in [1.54, 1.807) is 55.0 Å². The van der Waals surface area contributed by atoms with E-state index in [0.717, 1.165) is 22.5 Å². The number of amides is 1. The average molecular weight is 500 g/mol. The van der Waals surface area contributed by atoms with Gasteiger partial charge in [0.2, 0.25) is 5.91 Å². The fourth-order valence-corrected chi connectivity index (χ4v) is 4.47. The summed E-state index contributed by atoms with van der Waals surface area (Å²) < 4.78 is 28.0. The molecule has 0 radical (unpaired) electrons. The van der Waals surface area contributed by atoms with Crippen LogP contribution >= 0.6 is 0 Å². The molecule has 0 fully saturated rings. The topological polar surface area (TPSA) is 117 Å². The lowest BCUT2D eigenvalue weighted by Gasteiger charge is -2.22. The highest BCUT2D eigenvalue weighted by molar-refractivity contribution is 5.90. The molecule has 2 aromatic carbocycles.